The first kappa shape index (κ1) is 15.9. The quantitative estimate of drug-likeness (QED) is 0.811. The van der Waals surface area contributed by atoms with E-state index in [1.165, 1.54) is 16.8 Å². The Balaban J connectivity index is 2.25. The van der Waals surface area contributed by atoms with Crippen molar-refractivity contribution < 1.29 is 0 Å². The summed E-state index contributed by atoms with van der Waals surface area (Å²) in [5.74, 6) is 0. The van der Waals surface area contributed by atoms with E-state index in [0.29, 0.717) is 0 Å². The number of anilines is 1. The van der Waals surface area contributed by atoms with E-state index in [9.17, 15) is 0 Å². The smallest absolute Gasteiger partial charge is 0.0429 e. The number of halogens is 1. The average Bonchev–Trinajstić information content (AvgIpc) is 2.52. The van der Waals surface area contributed by atoms with Crippen LogP contribution in [0.15, 0.2) is 48.5 Å². The zero-order valence-electron chi connectivity index (χ0n) is 12.8. The van der Waals surface area contributed by atoms with Gasteiger partial charge in [-0.3, -0.25) is 0 Å². The molecule has 0 aliphatic heterocycles. The van der Waals surface area contributed by atoms with E-state index in [0.717, 1.165) is 31.2 Å². The van der Waals surface area contributed by atoms with Gasteiger partial charge in [0.15, 0.2) is 0 Å². The van der Waals surface area contributed by atoms with Crippen molar-refractivity contribution in [2.24, 2.45) is 0 Å². The summed E-state index contributed by atoms with van der Waals surface area (Å²) >= 11 is 6.21. The molecule has 2 aromatic rings. The van der Waals surface area contributed by atoms with Crippen molar-refractivity contribution in [3.63, 3.8) is 0 Å². The van der Waals surface area contributed by atoms with Crippen LogP contribution in [-0.4, -0.2) is 13.1 Å². The molecule has 0 heterocycles. The van der Waals surface area contributed by atoms with Gasteiger partial charge < -0.3 is 10.2 Å². The van der Waals surface area contributed by atoms with E-state index in [2.05, 4.69) is 66.5 Å². The molecule has 2 nitrogen and oxygen atoms in total. The summed E-state index contributed by atoms with van der Waals surface area (Å²) in [6, 6.07) is 16.7. The van der Waals surface area contributed by atoms with Crippen molar-refractivity contribution in [3.8, 4) is 0 Å². The Hall–Kier alpha value is -1.51. The second kappa shape index (κ2) is 8.06. The normalized spacial score (nSPS) is 10.6. The van der Waals surface area contributed by atoms with Crippen LogP contribution in [0.5, 0.6) is 0 Å². The molecular weight excluding hydrogens is 280 g/mol. The number of benzene rings is 2. The molecule has 0 fully saturated rings. The van der Waals surface area contributed by atoms with E-state index in [1.807, 2.05) is 6.07 Å². The molecule has 3 heteroatoms. The van der Waals surface area contributed by atoms with Crippen LogP contribution in [0.2, 0.25) is 5.02 Å². The number of rotatable bonds is 7. The second-order valence-electron chi connectivity index (χ2n) is 5.05. The molecule has 0 amide bonds. The average molecular weight is 303 g/mol. The summed E-state index contributed by atoms with van der Waals surface area (Å²) in [4.78, 5) is 2.37. The summed E-state index contributed by atoms with van der Waals surface area (Å²) in [6.07, 6.45) is 0. The molecule has 0 spiro atoms. The first-order valence-corrected chi connectivity index (χ1v) is 7.90. The molecule has 0 saturated carbocycles. The fourth-order valence-corrected chi connectivity index (χ4v) is 2.58. The van der Waals surface area contributed by atoms with Crippen LogP contribution in [0.1, 0.15) is 25.0 Å². The van der Waals surface area contributed by atoms with Crippen LogP contribution in [-0.2, 0) is 13.1 Å². The lowest BCUT2D eigenvalue weighted by Crippen LogP contribution is -2.24. The van der Waals surface area contributed by atoms with Crippen LogP contribution in [0.25, 0.3) is 0 Å². The van der Waals surface area contributed by atoms with Crippen LogP contribution in [0.4, 0.5) is 5.69 Å². The van der Waals surface area contributed by atoms with E-state index in [1.54, 1.807) is 0 Å². The predicted octanol–water partition coefficient (Wildman–Crippen LogP) is 4.48. The summed E-state index contributed by atoms with van der Waals surface area (Å²) in [7, 11) is 0. The van der Waals surface area contributed by atoms with Gasteiger partial charge >= 0.3 is 0 Å². The lowest BCUT2D eigenvalue weighted by atomic mass is 10.1. The van der Waals surface area contributed by atoms with Gasteiger partial charge in [0.1, 0.15) is 0 Å². The van der Waals surface area contributed by atoms with E-state index < -0.39 is 0 Å². The number of hydrogen-bond acceptors (Lipinski definition) is 2. The third-order valence-corrected chi connectivity index (χ3v) is 3.79. The third kappa shape index (κ3) is 4.48. The van der Waals surface area contributed by atoms with Gasteiger partial charge in [-0.1, -0.05) is 54.9 Å². The lowest BCUT2D eigenvalue weighted by molar-refractivity contribution is 0.719. The molecule has 0 saturated heterocycles. The SMILES string of the molecule is CCNCc1ccc(Cl)cc1N(CC)Cc1ccccc1. The minimum atomic E-state index is 0.789. The Kier molecular flexibility index (Phi) is 6.09. The second-order valence-corrected chi connectivity index (χ2v) is 5.49. The Morgan fingerprint density at radius 3 is 2.48 bits per heavy atom. The molecule has 21 heavy (non-hydrogen) atoms. The molecule has 0 unspecified atom stereocenters. The lowest BCUT2D eigenvalue weighted by Gasteiger charge is -2.26. The van der Waals surface area contributed by atoms with Crippen molar-refractivity contribution in [1.29, 1.82) is 0 Å². The first-order chi connectivity index (χ1) is 10.2. The van der Waals surface area contributed by atoms with E-state index >= 15 is 0 Å². The molecule has 0 aliphatic carbocycles. The van der Waals surface area contributed by atoms with Gasteiger partial charge in [-0.2, -0.15) is 0 Å². The monoisotopic (exact) mass is 302 g/mol. The van der Waals surface area contributed by atoms with Crippen LogP contribution < -0.4 is 10.2 Å². The summed E-state index contributed by atoms with van der Waals surface area (Å²) in [5.41, 5.74) is 3.82. The summed E-state index contributed by atoms with van der Waals surface area (Å²) in [6.45, 7) is 7.99. The minimum Gasteiger partial charge on any atom is -0.367 e. The molecule has 112 valence electrons. The van der Waals surface area contributed by atoms with Gasteiger partial charge in [0.05, 0.1) is 0 Å². The van der Waals surface area contributed by atoms with Gasteiger partial charge in [0.25, 0.3) is 0 Å². The van der Waals surface area contributed by atoms with E-state index in [4.69, 9.17) is 11.6 Å². The maximum atomic E-state index is 6.21. The van der Waals surface area contributed by atoms with Gasteiger partial charge in [0.2, 0.25) is 0 Å². The Morgan fingerprint density at radius 2 is 1.81 bits per heavy atom. The highest BCUT2D eigenvalue weighted by molar-refractivity contribution is 6.30. The highest BCUT2D eigenvalue weighted by Crippen LogP contribution is 2.26. The molecule has 0 aliphatic rings. The van der Waals surface area contributed by atoms with Crippen molar-refractivity contribution in [2.75, 3.05) is 18.0 Å². The summed E-state index contributed by atoms with van der Waals surface area (Å²) in [5, 5.41) is 4.19. The van der Waals surface area contributed by atoms with Crippen LogP contribution in [0, 0.1) is 0 Å². The number of nitrogens with one attached hydrogen (secondary N) is 1. The zero-order valence-corrected chi connectivity index (χ0v) is 13.5. The Labute approximate surface area is 132 Å². The largest absolute Gasteiger partial charge is 0.367 e. The topological polar surface area (TPSA) is 15.3 Å². The highest BCUT2D eigenvalue weighted by atomic mass is 35.5. The van der Waals surface area contributed by atoms with Gasteiger partial charge in [-0.15, -0.1) is 0 Å². The van der Waals surface area contributed by atoms with Crippen LogP contribution >= 0.6 is 11.6 Å². The third-order valence-electron chi connectivity index (χ3n) is 3.55. The molecule has 1 N–H and O–H groups in total. The first-order valence-electron chi connectivity index (χ1n) is 7.52. The maximum absolute atomic E-state index is 6.21. The maximum Gasteiger partial charge on any atom is 0.0429 e. The molecule has 0 radical (unpaired) electrons. The number of nitrogens with zero attached hydrogens (tertiary/aromatic N) is 1. The Bertz CT molecular complexity index is 554. The highest BCUT2D eigenvalue weighted by Gasteiger charge is 2.11. The zero-order chi connectivity index (χ0) is 15.1. The molecule has 0 atom stereocenters. The van der Waals surface area contributed by atoms with Crippen molar-refractivity contribution in [3.05, 3.63) is 64.7 Å². The molecule has 0 aromatic heterocycles. The van der Waals surface area contributed by atoms with Gasteiger partial charge in [0, 0.05) is 30.3 Å². The van der Waals surface area contributed by atoms with E-state index in [-0.39, 0.29) is 0 Å². The standard InChI is InChI=1S/C18H23ClN2/c1-3-20-13-16-10-11-17(19)12-18(16)21(4-2)14-15-8-6-5-7-9-15/h5-12,20H,3-4,13-14H2,1-2H3. The van der Waals surface area contributed by atoms with Crippen molar-refractivity contribution in [2.45, 2.75) is 26.9 Å². The number of hydrogen-bond donors (Lipinski definition) is 1. The van der Waals surface area contributed by atoms with Gasteiger partial charge in [-0.25, -0.2) is 0 Å². The van der Waals surface area contributed by atoms with Crippen molar-refractivity contribution >= 4 is 17.3 Å². The molecule has 2 rings (SSSR count). The minimum absolute atomic E-state index is 0.789. The molecular formula is C18H23ClN2. The Morgan fingerprint density at radius 1 is 1.05 bits per heavy atom. The van der Waals surface area contributed by atoms with Crippen LogP contribution in [0.3, 0.4) is 0 Å². The fraction of sp³-hybridized carbons (Fsp3) is 0.333. The van der Waals surface area contributed by atoms with Gasteiger partial charge in [-0.05, 0) is 36.7 Å². The summed E-state index contributed by atoms with van der Waals surface area (Å²) < 4.78 is 0. The van der Waals surface area contributed by atoms with Crippen molar-refractivity contribution in [1.82, 2.24) is 5.32 Å². The molecule has 2 aromatic carbocycles. The fourth-order valence-electron chi connectivity index (χ4n) is 2.41. The molecule has 0 bridgehead atoms. The predicted molar refractivity (Wildman–Crippen MR) is 92.0 cm³/mol.